The summed E-state index contributed by atoms with van der Waals surface area (Å²) in [4.78, 5) is 23.6. The predicted molar refractivity (Wildman–Crippen MR) is 85.2 cm³/mol. The van der Waals surface area contributed by atoms with Crippen molar-refractivity contribution in [1.82, 2.24) is 16.2 Å². The predicted octanol–water partition coefficient (Wildman–Crippen LogP) is 1.48. The van der Waals surface area contributed by atoms with Gasteiger partial charge in [0.15, 0.2) is 5.11 Å². The van der Waals surface area contributed by atoms with Gasteiger partial charge in [0.1, 0.15) is 11.6 Å². The van der Waals surface area contributed by atoms with Crippen LogP contribution in [0.2, 0.25) is 0 Å². The summed E-state index contributed by atoms with van der Waals surface area (Å²) in [6.45, 7) is 0. The molecule has 0 saturated carbocycles. The summed E-state index contributed by atoms with van der Waals surface area (Å²) in [6, 6.07) is 10.5. The van der Waals surface area contributed by atoms with E-state index in [1.807, 2.05) is 0 Å². The third-order valence-electron chi connectivity index (χ3n) is 2.75. The van der Waals surface area contributed by atoms with Crippen molar-refractivity contribution in [1.29, 1.82) is 0 Å². The Morgan fingerprint density at radius 1 is 0.870 bits per heavy atom. The van der Waals surface area contributed by atoms with Gasteiger partial charge in [-0.1, -0.05) is 0 Å². The first-order valence-electron chi connectivity index (χ1n) is 6.42. The zero-order valence-corrected chi connectivity index (χ0v) is 12.5. The summed E-state index contributed by atoms with van der Waals surface area (Å²) in [5.74, 6) is -1.45. The molecule has 2 aromatic carbocycles. The van der Waals surface area contributed by atoms with E-state index in [0.717, 1.165) is 12.1 Å². The maximum absolute atomic E-state index is 12.8. The average molecular weight is 333 g/mol. The monoisotopic (exact) mass is 333 g/mol. The number of hydrazine groups is 1. The van der Waals surface area contributed by atoms with Crippen molar-refractivity contribution in [3.63, 3.8) is 0 Å². The van der Waals surface area contributed by atoms with Gasteiger partial charge in [-0.15, -0.1) is 0 Å². The number of nitrogens with one attached hydrogen (secondary N) is 3. The highest BCUT2D eigenvalue weighted by Gasteiger charge is 2.09. The van der Waals surface area contributed by atoms with Crippen molar-refractivity contribution < 1.29 is 19.1 Å². The van der Waals surface area contributed by atoms with Gasteiger partial charge < -0.3 is 5.11 Å². The highest BCUT2D eigenvalue weighted by atomic mass is 32.1. The molecule has 0 aliphatic rings. The molecule has 8 heteroatoms. The highest BCUT2D eigenvalue weighted by Crippen LogP contribution is 2.09. The number of amides is 2. The lowest BCUT2D eigenvalue weighted by atomic mass is 10.2. The average Bonchev–Trinajstić information content (AvgIpc) is 2.54. The van der Waals surface area contributed by atoms with Gasteiger partial charge in [0.25, 0.3) is 11.8 Å². The van der Waals surface area contributed by atoms with Crippen LogP contribution >= 0.6 is 12.2 Å². The SMILES string of the molecule is O=C(NNC(=S)NC(=O)c1ccc(F)cc1)c1ccc(O)cc1. The Morgan fingerprint density at radius 2 is 1.39 bits per heavy atom. The lowest BCUT2D eigenvalue weighted by Gasteiger charge is -2.10. The molecule has 4 N–H and O–H groups in total. The number of halogens is 1. The van der Waals surface area contributed by atoms with Gasteiger partial charge in [0, 0.05) is 11.1 Å². The number of rotatable bonds is 2. The minimum atomic E-state index is -0.540. The molecule has 0 aromatic heterocycles. The number of benzene rings is 2. The lowest BCUT2D eigenvalue weighted by Crippen LogP contribution is -2.48. The van der Waals surface area contributed by atoms with E-state index in [9.17, 15) is 14.0 Å². The molecular formula is C15H12FN3O3S. The van der Waals surface area contributed by atoms with E-state index >= 15 is 0 Å². The Hall–Kier alpha value is -3.00. The van der Waals surface area contributed by atoms with Crippen molar-refractivity contribution in [2.24, 2.45) is 0 Å². The lowest BCUT2D eigenvalue weighted by molar-refractivity contribution is 0.0934. The molecule has 0 spiro atoms. The second-order valence-corrected chi connectivity index (χ2v) is 4.82. The van der Waals surface area contributed by atoms with Crippen LogP contribution in [0.5, 0.6) is 5.75 Å². The molecular weight excluding hydrogens is 321 g/mol. The van der Waals surface area contributed by atoms with Crippen molar-refractivity contribution >= 4 is 29.1 Å². The van der Waals surface area contributed by atoms with E-state index < -0.39 is 17.6 Å². The molecule has 0 unspecified atom stereocenters. The molecule has 0 heterocycles. The molecule has 0 atom stereocenters. The molecule has 2 aromatic rings. The standard InChI is InChI=1S/C15H12FN3O3S/c16-11-5-1-9(2-6-11)13(21)17-15(23)19-18-14(22)10-3-7-12(20)8-4-10/h1-8,20H,(H,18,22)(H2,17,19,21,23). The normalized spacial score (nSPS) is 9.78. The minimum absolute atomic E-state index is 0.0385. The van der Waals surface area contributed by atoms with E-state index in [1.165, 1.54) is 36.4 Å². The fourth-order valence-corrected chi connectivity index (χ4v) is 1.75. The van der Waals surface area contributed by atoms with E-state index in [0.29, 0.717) is 5.56 Å². The van der Waals surface area contributed by atoms with Gasteiger partial charge in [-0.25, -0.2) is 4.39 Å². The Bertz CT molecular complexity index is 733. The maximum Gasteiger partial charge on any atom is 0.269 e. The van der Waals surface area contributed by atoms with Crippen LogP contribution in [0, 0.1) is 5.82 Å². The molecule has 2 amide bonds. The topological polar surface area (TPSA) is 90.5 Å². The van der Waals surface area contributed by atoms with Crippen molar-refractivity contribution in [3.8, 4) is 5.75 Å². The molecule has 0 bridgehead atoms. The smallest absolute Gasteiger partial charge is 0.269 e. The summed E-state index contributed by atoms with van der Waals surface area (Å²) in [7, 11) is 0. The van der Waals surface area contributed by atoms with Gasteiger partial charge in [-0.05, 0) is 60.7 Å². The Morgan fingerprint density at radius 3 is 2.00 bits per heavy atom. The number of thiocarbonyl (C=S) groups is 1. The molecule has 0 saturated heterocycles. The van der Waals surface area contributed by atoms with Gasteiger partial charge in [-0.3, -0.25) is 25.8 Å². The Balaban J connectivity index is 1.85. The molecule has 118 valence electrons. The molecule has 6 nitrogen and oxygen atoms in total. The molecule has 0 aliphatic carbocycles. The van der Waals surface area contributed by atoms with Crippen LogP contribution in [0.3, 0.4) is 0 Å². The number of carbonyl (C=O) groups excluding carboxylic acids is 2. The van der Waals surface area contributed by atoms with Gasteiger partial charge in [0.05, 0.1) is 0 Å². The maximum atomic E-state index is 12.8. The van der Waals surface area contributed by atoms with Gasteiger partial charge in [0.2, 0.25) is 0 Å². The first-order valence-corrected chi connectivity index (χ1v) is 6.83. The van der Waals surface area contributed by atoms with Gasteiger partial charge >= 0.3 is 0 Å². The fraction of sp³-hybridized carbons (Fsp3) is 0. The number of hydrogen-bond acceptors (Lipinski definition) is 4. The van der Waals surface area contributed by atoms with Crippen molar-refractivity contribution in [2.75, 3.05) is 0 Å². The van der Waals surface area contributed by atoms with E-state index in [4.69, 9.17) is 17.3 Å². The van der Waals surface area contributed by atoms with Crippen LogP contribution in [0.1, 0.15) is 20.7 Å². The van der Waals surface area contributed by atoms with Crippen LogP contribution in [0.25, 0.3) is 0 Å². The van der Waals surface area contributed by atoms with Crippen LogP contribution in [0.15, 0.2) is 48.5 Å². The second-order valence-electron chi connectivity index (χ2n) is 4.42. The first kappa shape index (κ1) is 16.4. The first-order chi connectivity index (χ1) is 11.0. The van der Waals surface area contributed by atoms with Crippen LogP contribution in [-0.4, -0.2) is 22.0 Å². The minimum Gasteiger partial charge on any atom is -0.508 e. The second kappa shape index (κ2) is 7.32. The summed E-state index contributed by atoms with van der Waals surface area (Å²) in [5.41, 5.74) is 5.19. The van der Waals surface area contributed by atoms with Crippen LogP contribution < -0.4 is 16.2 Å². The van der Waals surface area contributed by atoms with Gasteiger partial charge in [-0.2, -0.15) is 0 Å². The summed E-state index contributed by atoms with van der Waals surface area (Å²) >= 11 is 4.87. The number of carbonyl (C=O) groups is 2. The molecule has 0 fully saturated rings. The number of aromatic hydroxyl groups is 1. The third-order valence-corrected chi connectivity index (χ3v) is 2.96. The zero-order valence-electron chi connectivity index (χ0n) is 11.7. The summed E-state index contributed by atoms with van der Waals surface area (Å²) in [6.07, 6.45) is 0. The van der Waals surface area contributed by atoms with Crippen molar-refractivity contribution in [3.05, 3.63) is 65.5 Å². The fourth-order valence-electron chi connectivity index (χ4n) is 1.61. The number of phenolic OH excluding ortho intramolecular Hbond substituents is 1. The van der Waals surface area contributed by atoms with E-state index in [1.54, 1.807) is 0 Å². The van der Waals surface area contributed by atoms with Crippen LogP contribution in [-0.2, 0) is 0 Å². The molecule has 23 heavy (non-hydrogen) atoms. The Labute approximate surface area is 136 Å². The van der Waals surface area contributed by atoms with E-state index in [-0.39, 0.29) is 16.4 Å². The number of hydrogen-bond donors (Lipinski definition) is 4. The third kappa shape index (κ3) is 4.75. The zero-order chi connectivity index (χ0) is 16.8. The summed E-state index contributed by atoms with van der Waals surface area (Å²) < 4.78 is 12.8. The molecule has 0 aliphatic heterocycles. The van der Waals surface area contributed by atoms with E-state index in [2.05, 4.69) is 16.2 Å². The molecule has 2 rings (SSSR count). The number of phenols is 1. The van der Waals surface area contributed by atoms with Crippen LogP contribution in [0.4, 0.5) is 4.39 Å². The quantitative estimate of drug-likeness (QED) is 0.494. The van der Waals surface area contributed by atoms with Crippen molar-refractivity contribution in [2.45, 2.75) is 0 Å². The Kier molecular flexibility index (Phi) is 5.21. The molecule has 0 radical (unpaired) electrons. The largest absolute Gasteiger partial charge is 0.508 e. The summed E-state index contributed by atoms with van der Waals surface area (Å²) in [5, 5.41) is 11.4. The highest BCUT2D eigenvalue weighted by molar-refractivity contribution is 7.80.